The van der Waals surface area contributed by atoms with Gasteiger partial charge in [0, 0.05) is 10.6 Å². The van der Waals surface area contributed by atoms with Crippen LogP contribution in [-0.4, -0.2) is 18.0 Å². The van der Waals surface area contributed by atoms with Crippen molar-refractivity contribution in [2.45, 2.75) is 6.18 Å². The van der Waals surface area contributed by atoms with Crippen molar-refractivity contribution in [3.8, 4) is 16.3 Å². The van der Waals surface area contributed by atoms with E-state index >= 15 is 0 Å². The second-order valence-corrected chi connectivity index (χ2v) is 6.79. The number of amides is 1. The summed E-state index contributed by atoms with van der Waals surface area (Å²) < 4.78 is 45.3. The SMILES string of the molecule is COc1ccc(Cl)cc1NC(=O)c1sc(-c2ccccc2)nc1C(F)(F)F. The van der Waals surface area contributed by atoms with Gasteiger partial charge in [-0.1, -0.05) is 41.9 Å². The quantitative estimate of drug-likeness (QED) is 0.594. The molecule has 9 heteroatoms. The maximum atomic E-state index is 13.4. The highest BCUT2D eigenvalue weighted by atomic mass is 35.5. The Bertz CT molecular complexity index is 974. The van der Waals surface area contributed by atoms with Crippen molar-refractivity contribution >= 4 is 34.5 Å². The number of nitrogens with zero attached hydrogens (tertiary/aromatic N) is 1. The third kappa shape index (κ3) is 4.23. The van der Waals surface area contributed by atoms with Crippen LogP contribution in [0.1, 0.15) is 15.4 Å². The molecule has 0 aliphatic carbocycles. The molecule has 3 aromatic rings. The zero-order valence-corrected chi connectivity index (χ0v) is 15.4. The normalized spacial score (nSPS) is 11.3. The van der Waals surface area contributed by atoms with Gasteiger partial charge in [-0.2, -0.15) is 13.2 Å². The molecule has 1 N–H and O–H groups in total. The van der Waals surface area contributed by atoms with Crippen molar-refractivity contribution in [2.24, 2.45) is 0 Å². The van der Waals surface area contributed by atoms with Gasteiger partial charge >= 0.3 is 6.18 Å². The van der Waals surface area contributed by atoms with Crippen LogP contribution < -0.4 is 10.1 Å². The van der Waals surface area contributed by atoms with E-state index < -0.39 is 22.7 Å². The molecule has 0 atom stereocenters. The molecule has 27 heavy (non-hydrogen) atoms. The van der Waals surface area contributed by atoms with Crippen molar-refractivity contribution < 1.29 is 22.7 Å². The lowest BCUT2D eigenvalue weighted by atomic mass is 10.2. The number of aromatic nitrogens is 1. The summed E-state index contributed by atoms with van der Waals surface area (Å²) in [6, 6.07) is 12.8. The fourth-order valence-corrected chi connectivity index (χ4v) is 3.49. The number of hydrogen-bond acceptors (Lipinski definition) is 4. The molecule has 0 saturated heterocycles. The highest BCUT2D eigenvalue weighted by Crippen LogP contribution is 2.38. The predicted molar refractivity (Wildman–Crippen MR) is 98.5 cm³/mol. The summed E-state index contributed by atoms with van der Waals surface area (Å²) in [5, 5.41) is 2.82. The van der Waals surface area contributed by atoms with Crippen molar-refractivity contribution in [1.82, 2.24) is 4.98 Å². The van der Waals surface area contributed by atoms with Gasteiger partial charge < -0.3 is 10.1 Å². The Hall–Kier alpha value is -2.58. The lowest BCUT2D eigenvalue weighted by Gasteiger charge is -2.11. The summed E-state index contributed by atoms with van der Waals surface area (Å²) >= 11 is 6.56. The molecule has 140 valence electrons. The average molecular weight is 413 g/mol. The second kappa shape index (κ2) is 7.58. The molecule has 1 heterocycles. The molecular formula is C18H12ClF3N2O2S. The third-order valence-electron chi connectivity index (χ3n) is 3.53. The van der Waals surface area contributed by atoms with Gasteiger partial charge in [0.05, 0.1) is 12.8 Å². The summed E-state index contributed by atoms with van der Waals surface area (Å²) in [7, 11) is 1.38. The molecule has 1 aromatic heterocycles. The molecule has 4 nitrogen and oxygen atoms in total. The summed E-state index contributed by atoms with van der Waals surface area (Å²) in [5.41, 5.74) is -0.574. The molecular weight excluding hydrogens is 401 g/mol. The first kappa shape index (κ1) is 19.2. The predicted octanol–water partition coefficient (Wildman–Crippen LogP) is 5.74. The van der Waals surface area contributed by atoms with E-state index in [0.29, 0.717) is 21.9 Å². The standard InChI is InChI=1S/C18H12ClF3N2O2S/c1-26-13-8-7-11(19)9-12(13)23-16(25)14-15(18(20,21)22)24-17(27-14)10-5-3-2-4-6-10/h2-9H,1H3,(H,23,25). The minimum Gasteiger partial charge on any atom is -0.495 e. The molecule has 0 saturated carbocycles. The largest absolute Gasteiger partial charge is 0.495 e. The maximum absolute atomic E-state index is 13.4. The number of rotatable bonds is 4. The Balaban J connectivity index is 2.01. The number of ether oxygens (including phenoxy) is 1. The fourth-order valence-electron chi connectivity index (χ4n) is 2.33. The lowest BCUT2D eigenvalue weighted by Crippen LogP contribution is -2.17. The number of hydrogen-bond donors (Lipinski definition) is 1. The van der Waals surface area contributed by atoms with Crippen LogP contribution in [0.15, 0.2) is 48.5 Å². The summed E-state index contributed by atoms with van der Waals surface area (Å²) in [6.07, 6.45) is -4.77. The number of thiazole rings is 1. The average Bonchev–Trinajstić information content (AvgIpc) is 3.09. The first-order chi connectivity index (χ1) is 12.8. The fraction of sp³-hybridized carbons (Fsp3) is 0.111. The zero-order valence-electron chi connectivity index (χ0n) is 13.8. The second-order valence-electron chi connectivity index (χ2n) is 5.36. The molecule has 0 fully saturated rings. The van der Waals surface area contributed by atoms with Crippen LogP contribution >= 0.6 is 22.9 Å². The molecule has 2 aromatic carbocycles. The number of alkyl halides is 3. The number of carbonyl (C=O) groups excluding carboxylic acids is 1. The molecule has 0 radical (unpaired) electrons. The van der Waals surface area contributed by atoms with Gasteiger partial charge in [-0.15, -0.1) is 11.3 Å². The van der Waals surface area contributed by atoms with Crippen LogP contribution in [0.5, 0.6) is 5.75 Å². The van der Waals surface area contributed by atoms with Crippen LogP contribution in [0, 0.1) is 0 Å². The highest BCUT2D eigenvalue weighted by Gasteiger charge is 2.40. The maximum Gasteiger partial charge on any atom is 0.435 e. The molecule has 0 spiro atoms. The van der Waals surface area contributed by atoms with E-state index in [4.69, 9.17) is 16.3 Å². The first-order valence-corrected chi connectivity index (χ1v) is 8.77. The van der Waals surface area contributed by atoms with E-state index in [9.17, 15) is 18.0 Å². The highest BCUT2D eigenvalue weighted by molar-refractivity contribution is 7.17. The third-order valence-corrected chi connectivity index (χ3v) is 4.87. The van der Waals surface area contributed by atoms with Crippen LogP contribution in [0.4, 0.5) is 18.9 Å². The van der Waals surface area contributed by atoms with Gasteiger partial charge in [0.25, 0.3) is 5.91 Å². The topological polar surface area (TPSA) is 51.2 Å². The van der Waals surface area contributed by atoms with Crippen molar-refractivity contribution in [3.63, 3.8) is 0 Å². The Labute approximate surface area is 161 Å². The first-order valence-electron chi connectivity index (χ1n) is 7.58. The van der Waals surface area contributed by atoms with Crippen molar-refractivity contribution in [3.05, 3.63) is 64.1 Å². The van der Waals surface area contributed by atoms with Crippen molar-refractivity contribution in [2.75, 3.05) is 12.4 Å². The number of anilines is 1. The lowest BCUT2D eigenvalue weighted by molar-refractivity contribution is -0.140. The number of methoxy groups -OCH3 is 1. The number of nitrogens with one attached hydrogen (secondary N) is 1. The van der Waals surface area contributed by atoms with Gasteiger partial charge in [0.1, 0.15) is 15.6 Å². The van der Waals surface area contributed by atoms with Gasteiger partial charge in [-0.05, 0) is 18.2 Å². The van der Waals surface area contributed by atoms with E-state index in [2.05, 4.69) is 10.3 Å². The summed E-state index contributed by atoms with van der Waals surface area (Å²) in [5.74, 6) is -0.670. The van der Waals surface area contributed by atoms with Crippen LogP contribution in [-0.2, 0) is 6.18 Å². The Morgan fingerprint density at radius 1 is 1.19 bits per heavy atom. The van der Waals surface area contributed by atoms with E-state index in [0.717, 1.165) is 0 Å². The molecule has 0 aliphatic heterocycles. The Morgan fingerprint density at radius 2 is 1.89 bits per heavy atom. The number of halogens is 4. The van der Waals surface area contributed by atoms with Gasteiger partial charge in [-0.3, -0.25) is 4.79 Å². The molecule has 0 aliphatic rings. The number of benzene rings is 2. The minimum atomic E-state index is -4.77. The minimum absolute atomic E-state index is 0.103. The van der Waals surface area contributed by atoms with E-state index in [1.165, 1.54) is 25.3 Å². The van der Waals surface area contributed by atoms with Gasteiger partial charge in [-0.25, -0.2) is 4.98 Å². The smallest absolute Gasteiger partial charge is 0.435 e. The number of carbonyl (C=O) groups is 1. The monoisotopic (exact) mass is 412 g/mol. The van der Waals surface area contributed by atoms with Crippen LogP contribution in [0.2, 0.25) is 5.02 Å². The molecule has 1 amide bonds. The van der Waals surface area contributed by atoms with Crippen LogP contribution in [0.3, 0.4) is 0 Å². The van der Waals surface area contributed by atoms with E-state index in [1.54, 1.807) is 30.3 Å². The van der Waals surface area contributed by atoms with E-state index in [1.807, 2.05) is 0 Å². The summed E-state index contributed by atoms with van der Waals surface area (Å²) in [6.45, 7) is 0. The van der Waals surface area contributed by atoms with Gasteiger partial charge in [0.15, 0.2) is 5.69 Å². The molecule has 0 bridgehead atoms. The Kier molecular flexibility index (Phi) is 5.38. The van der Waals surface area contributed by atoms with E-state index in [-0.39, 0.29) is 16.4 Å². The Morgan fingerprint density at radius 3 is 2.52 bits per heavy atom. The molecule has 3 rings (SSSR count). The van der Waals surface area contributed by atoms with Crippen molar-refractivity contribution in [1.29, 1.82) is 0 Å². The van der Waals surface area contributed by atoms with Crippen LogP contribution in [0.25, 0.3) is 10.6 Å². The van der Waals surface area contributed by atoms with Gasteiger partial charge in [0.2, 0.25) is 0 Å². The zero-order chi connectivity index (χ0) is 19.6. The summed E-state index contributed by atoms with van der Waals surface area (Å²) in [4.78, 5) is 15.7. The molecule has 0 unspecified atom stereocenters.